The van der Waals surface area contributed by atoms with Crippen LogP contribution in [-0.4, -0.2) is 62.2 Å². The number of ether oxygens (including phenoxy) is 2. The number of hydrogen-bond donors (Lipinski definition) is 0. The molecule has 1 aromatic carbocycles. The summed E-state index contributed by atoms with van der Waals surface area (Å²) in [5.41, 5.74) is 4.06. The molecule has 11 heteroatoms. The molecule has 0 spiro atoms. The normalized spacial score (nSPS) is 15.4. The molecule has 1 aliphatic rings. The largest absolute Gasteiger partial charge is 0.491 e. The number of aryl methyl sites for hydroxylation is 2. The van der Waals surface area contributed by atoms with Gasteiger partial charge in [0.15, 0.2) is 6.23 Å². The van der Waals surface area contributed by atoms with Gasteiger partial charge in [-0.05, 0) is 78.6 Å². The van der Waals surface area contributed by atoms with Crippen LogP contribution in [0.2, 0.25) is 0 Å². The molecule has 1 atom stereocenters. The van der Waals surface area contributed by atoms with Gasteiger partial charge in [-0.3, -0.25) is 14.5 Å². The van der Waals surface area contributed by atoms with E-state index in [0.29, 0.717) is 41.5 Å². The molecule has 3 aromatic heterocycles. The van der Waals surface area contributed by atoms with Crippen molar-refractivity contribution in [3.05, 3.63) is 63.5 Å². The first-order valence-electron chi connectivity index (χ1n) is 13.3. The molecule has 1 amide bonds. The third kappa shape index (κ3) is 5.49. The van der Waals surface area contributed by atoms with E-state index in [-0.39, 0.29) is 18.7 Å². The van der Waals surface area contributed by atoms with Crippen molar-refractivity contribution in [3.63, 3.8) is 0 Å². The first-order chi connectivity index (χ1) is 19.3. The Morgan fingerprint density at radius 1 is 1.32 bits per heavy atom. The van der Waals surface area contributed by atoms with Crippen LogP contribution in [0.3, 0.4) is 0 Å². The summed E-state index contributed by atoms with van der Waals surface area (Å²) >= 11 is 2.17. The molecule has 0 bridgehead atoms. The van der Waals surface area contributed by atoms with Gasteiger partial charge in [-0.2, -0.15) is 10.2 Å². The number of benzene rings is 1. The van der Waals surface area contributed by atoms with E-state index in [1.807, 2.05) is 17.7 Å². The van der Waals surface area contributed by atoms with Crippen molar-refractivity contribution in [2.75, 3.05) is 26.8 Å². The minimum absolute atomic E-state index is 0.134. The summed E-state index contributed by atoms with van der Waals surface area (Å²) in [6.45, 7) is 7.19. The van der Waals surface area contributed by atoms with Gasteiger partial charge >= 0.3 is 0 Å². The van der Waals surface area contributed by atoms with E-state index >= 15 is 0 Å². The Morgan fingerprint density at radius 2 is 2.15 bits per heavy atom. The van der Waals surface area contributed by atoms with Crippen molar-refractivity contribution in [2.24, 2.45) is 7.05 Å². The fourth-order valence-electron chi connectivity index (χ4n) is 4.91. The maximum absolute atomic E-state index is 14.4. The number of likely N-dealkylation sites (N-methyl/N-ethyl adjacent to an activating group) is 1. The molecule has 210 valence electrons. The van der Waals surface area contributed by atoms with Crippen LogP contribution in [0.5, 0.6) is 5.75 Å². The lowest BCUT2D eigenvalue weighted by Crippen LogP contribution is -2.32. The third-order valence-corrected chi connectivity index (χ3v) is 8.22. The monoisotopic (exact) mass is 658 g/mol. The van der Waals surface area contributed by atoms with Crippen LogP contribution in [0.15, 0.2) is 37.0 Å². The zero-order valence-electron chi connectivity index (χ0n) is 22.9. The van der Waals surface area contributed by atoms with E-state index in [1.165, 1.54) is 12.1 Å². The minimum Gasteiger partial charge on any atom is -0.491 e. The number of hydrogen-bond acceptors (Lipinski definition) is 6. The Kier molecular flexibility index (Phi) is 8.50. The molecule has 0 N–H and O–H groups in total. The first-order valence-corrected chi connectivity index (χ1v) is 14.4. The lowest BCUT2D eigenvalue weighted by Gasteiger charge is -2.23. The molecule has 1 aliphatic heterocycles. The predicted octanol–water partition coefficient (Wildman–Crippen LogP) is 5.63. The molecule has 1 fully saturated rings. The first kappa shape index (κ1) is 28.2. The number of aromatic nitrogens is 5. The summed E-state index contributed by atoms with van der Waals surface area (Å²) in [5, 5.41) is 10.0. The highest BCUT2D eigenvalue weighted by atomic mass is 127. The Balaban J connectivity index is 1.36. The summed E-state index contributed by atoms with van der Waals surface area (Å²) in [6, 6.07) is 6.23. The smallest absolute Gasteiger partial charge is 0.273 e. The van der Waals surface area contributed by atoms with E-state index in [2.05, 4.69) is 39.3 Å². The molecular weight excluding hydrogens is 626 g/mol. The zero-order valence-corrected chi connectivity index (χ0v) is 25.0. The molecular formula is C29H32FIN6O3. The van der Waals surface area contributed by atoms with Crippen molar-refractivity contribution < 1.29 is 18.7 Å². The van der Waals surface area contributed by atoms with Crippen molar-refractivity contribution in [1.82, 2.24) is 29.4 Å². The van der Waals surface area contributed by atoms with Crippen LogP contribution in [0.1, 0.15) is 54.3 Å². The van der Waals surface area contributed by atoms with Gasteiger partial charge in [-0.15, -0.1) is 0 Å². The summed E-state index contributed by atoms with van der Waals surface area (Å²) < 4.78 is 30.8. The minimum atomic E-state index is -0.399. The van der Waals surface area contributed by atoms with Gasteiger partial charge in [0, 0.05) is 31.7 Å². The van der Waals surface area contributed by atoms with Gasteiger partial charge in [0.1, 0.15) is 23.9 Å². The van der Waals surface area contributed by atoms with E-state index in [9.17, 15) is 9.18 Å². The van der Waals surface area contributed by atoms with Crippen molar-refractivity contribution >= 4 is 45.5 Å². The van der Waals surface area contributed by atoms with Crippen LogP contribution in [0.4, 0.5) is 4.39 Å². The average Bonchev–Trinajstić information content (AvgIpc) is 3.49. The molecule has 4 aromatic rings. The van der Waals surface area contributed by atoms with Gasteiger partial charge in [-0.1, -0.05) is 13.5 Å². The Labute approximate surface area is 246 Å². The second-order valence-corrected chi connectivity index (χ2v) is 10.8. The summed E-state index contributed by atoms with van der Waals surface area (Å²) in [6.07, 6.45) is 7.05. The molecule has 0 aliphatic carbocycles. The Morgan fingerprint density at radius 3 is 2.85 bits per heavy atom. The molecule has 9 nitrogen and oxygen atoms in total. The predicted molar refractivity (Wildman–Crippen MR) is 160 cm³/mol. The van der Waals surface area contributed by atoms with Gasteiger partial charge in [0.2, 0.25) is 0 Å². The van der Waals surface area contributed by atoms with Crippen LogP contribution in [-0.2, 0) is 18.2 Å². The van der Waals surface area contributed by atoms with E-state index in [4.69, 9.17) is 14.6 Å². The fraction of sp³-hybridized carbons (Fsp3) is 0.379. The standard InChI is InChI=1S/C29H32FIN6O3/c1-5-21-19-16-23(32-17-24(19)37(34-21)26-9-7-8-13-40-26)20-15-18(30)10-11-25(20)39-14-12-35(3)29(38)28-27(31)22(6-2)33-36(28)4/h5,10-11,15-17,26H,1,6-9,12-14H2,2-4H3. The lowest BCUT2D eigenvalue weighted by atomic mass is 10.1. The van der Waals surface area contributed by atoms with Crippen molar-refractivity contribution in [1.29, 1.82) is 0 Å². The lowest BCUT2D eigenvalue weighted by molar-refractivity contribution is -0.0367. The topological polar surface area (TPSA) is 87.3 Å². The number of carbonyl (C=O) groups excluding carboxylic acids is 1. The van der Waals surface area contributed by atoms with Gasteiger partial charge in [0.25, 0.3) is 5.91 Å². The van der Waals surface area contributed by atoms with Gasteiger partial charge in [-0.25, -0.2) is 9.07 Å². The van der Waals surface area contributed by atoms with E-state index < -0.39 is 5.82 Å². The molecule has 40 heavy (non-hydrogen) atoms. The number of halogens is 2. The van der Waals surface area contributed by atoms with Crippen LogP contribution >= 0.6 is 22.6 Å². The average molecular weight is 659 g/mol. The number of rotatable bonds is 9. The Hall–Kier alpha value is -3.32. The van der Waals surface area contributed by atoms with Gasteiger partial charge < -0.3 is 14.4 Å². The number of carbonyl (C=O) groups is 1. The molecule has 1 saturated heterocycles. The number of nitrogens with zero attached hydrogens (tertiary/aromatic N) is 6. The van der Waals surface area contributed by atoms with E-state index in [0.717, 1.165) is 45.9 Å². The second kappa shape index (κ2) is 12.0. The molecule has 4 heterocycles. The number of pyridine rings is 1. The van der Waals surface area contributed by atoms with Crippen LogP contribution in [0, 0.1) is 9.39 Å². The zero-order chi connectivity index (χ0) is 28.4. The highest BCUT2D eigenvalue weighted by molar-refractivity contribution is 14.1. The molecule has 0 radical (unpaired) electrons. The highest BCUT2D eigenvalue weighted by Crippen LogP contribution is 2.34. The third-order valence-electron chi connectivity index (χ3n) is 7.08. The van der Waals surface area contributed by atoms with Gasteiger partial charge in [0.05, 0.1) is 38.9 Å². The maximum atomic E-state index is 14.4. The van der Waals surface area contributed by atoms with Crippen molar-refractivity contribution in [3.8, 4) is 17.0 Å². The number of fused-ring (bicyclic) bond motifs is 1. The maximum Gasteiger partial charge on any atom is 0.273 e. The van der Waals surface area contributed by atoms with Crippen LogP contribution in [0.25, 0.3) is 28.2 Å². The summed E-state index contributed by atoms with van der Waals surface area (Å²) in [5.74, 6) is -0.0602. The van der Waals surface area contributed by atoms with E-state index in [1.54, 1.807) is 42.0 Å². The highest BCUT2D eigenvalue weighted by Gasteiger charge is 2.24. The van der Waals surface area contributed by atoms with Crippen LogP contribution < -0.4 is 4.74 Å². The summed E-state index contributed by atoms with van der Waals surface area (Å²) in [4.78, 5) is 19.4. The summed E-state index contributed by atoms with van der Waals surface area (Å²) in [7, 11) is 3.50. The van der Waals surface area contributed by atoms with Crippen molar-refractivity contribution in [2.45, 2.75) is 38.8 Å². The molecule has 5 rings (SSSR count). The quantitative estimate of drug-likeness (QED) is 0.217. The molecule has 0 saturated carbocycles. The Bertz CT molecular complexity index is 1560. The second-order valence-electron chi connectivity index (χ2n) is 9.74. The SMILES string of the molecule is C=Cc1nn(C2CCCCO2)c2cnc(-c3cc(F)ccc3OCCN(C)C(=O)c3c(I)c(CC)nn3C)cc12. The fourth-order valence-corrected chi connectivity index (χ4v) is 5.98. The molecule has 1 unspecified atom stereocenters. The number of amides is 1.